The summed E-state index contributed by atoms with van der Waals surface area (Å²) in [5, 5.41) is 10.4. The number of hydrogen-bond donors (Lipinski definition) is 2. The monoisotopic (exact) mass is 275 g/mol. The number of aryl methyl sites for hydroxylation is 1. The molecule has 0 radical (unpaired) electrons. The van der Waals surface area contributed by atoms with E-state index in [0.717, 1.165) is 17.7 Å². The van der Waals surface area contributed by atoms with Crippen LogP contribution in [0.25, 0.3) is 0 Å². The molecule has 1 aromatic rings. The molecule has 0 unspecified atom stereocenters. The Morgan fingerprint density at radius 1 is 1.20 bits per heavy atom. The average Bonchev–Trinajstić information content (AvgIpc) is 3.02. The van der Waals surface area contributed by atoms with Gasteiger partial charge >= 0.3 is 0 Å². The second-order valence-corrected chi connectivity index (χ2v) is 6.66. The molecule has 0 bridgehead atoms. The van der Waals surface area contributed by atoms with E-state index in [1.54, 1.807) is 0 Å². The van der Waals surface area contributed by atoms with Crippen molar-refractivity contribution in [1.29, 1.82) is 0 Å². The van der Waals surface area contributed by atoms with E-state index in [2.05, 4.69) is 15.5 Å². The van der Waals surface area contributed by atoms with Gasteiger partial charge in [-0.3, -0.25) is 9.89 Å². The molecular formula is C16H25N3O. The van der Waals surface area contributed by atoms with Crippen molar-refractivity contribution in [2.45, 2.75) is 71.3 Å². The number of carbonyl (C=O) groups is 1. The summed E-state index contributed by atoms with van der Waals surface area (Å²) in [5.41, 5.74) is 2.90. The van der Waals surface area contributed by atoms with E-state index in [4.69, 9.17) is 0 Å². The lowest BCUT2D eigenvalue weighted by Crippen LogP contribution is -2.48. The van der Waals surface area contributed by atoms with Crippen molar-refractivity contribution in [3.8, 4) is 0 Å². The molecule has 1 heterocycles. The van der Waals surface area contributed by atoms with Crippen LogP contribution in [0, 0.1) is 19.3 Å². The highest BCUT2D eigenvalue weighted by molar-refractivity contribution is 5.94. The molecule has 20 heavy (non-hydrogen) atoms. The van der Waals surface area contributed by atoms with Gasteiger partial charge in [0.15, 0.2) is 5.69 Å². The molecule has 2 N–H and O–H groups in total. The van der Waals surface area contributed by atoms with Gasteiger partial charge in [0.25, 0.3) is 5.91 Å². The largest absolute Gasteiger partial charge is 0.347 e. The zero-order chi connectivity index (χ0) is 14.2. The molecule has 0 aliphatic heterocycles. The van der Waals surface area contributed by atoms with Crippen LogP contribution in [0.15, 0.2) is 0 Å². The molecular weight excluding hydrogens is 250 g/mol. The highest BCUT2D eigenvalue weighted by Crippen LogP contribution is 2.49. The van der Waals surface area contributed by atoms with Crippen molar-refractivity contribution in [2.24, 2.45) is 5.41 Å². The number of aromatic nitrogens is 2. The molecule has 2 saturated carbocycles. The van der Waals surface area contributed by atoms with E-state index in [-0.39, 0.29) is 5.91 Å². The maximum atomic E-state index is 12.5. The normalized spacial score (nSPS) is 25.0. The van der Waals surface area contributed by atoms with Crippen LogP contribution in [0.1, 0.15) is 73.1 Å². The predicted molar refractivity (Wildman–Crippen MR) is 78.7 cm³/mol. The third-order valence-corrected chi connectivity index (χ3v) is 5.53. The van der Waals surface area contributed by atoms with Crippen LogP contribution in [-0.4, -0.2) is 22.1 Å². The molecule has 4 nitrogen and oxygen atoms in total. The number of nitrogens with one attached hydrogen (secondary N) is 2. The van der Waals surface area contributed by atoms with Gasteiger partial charge in [-0.05, 0) is 44.9 Å². The first-order valence-corrected chi connectivity index (χ1v) is 7.95. The third-order valence-electron chi connectivity index (χ3n) is 5.53. The average molecular weight is 275 g/mol. The molecule has 1 amide bonds. The lowest BCUT2D eigenvalue weighted by atomic mass is 9.69. The lowest BCUT2D eigenvalue weighted by molar-refractivity contribution is 0.0800. The van der Waals surface area contributed by atoms with Gasteiger partial charge in [0.2, 0.25) is 0 Å². The van der Waals surface area contributed by atoms with Crippen LogP contribution in [0.2, 0.25) is 0 Å². The minimum absolute atomic E-state index is 0.00465. The number of nitrogens with zero attached hydrogens (tertiary/aromatic N) is 1. The third kappa shape index (κ3) is 2.25. The molecule has 1 aromatic heterocycles. The zero-order valence-corrected chi connectivity index (χ0v) is 12.6. The number of hydrogen-bond acceptors (Lipinski definition) is 2. The fraction of sp³-hybridized carbons (Fsp3) is 0.750. The van der Waals surface area contributed by atoms with Gasteiger partial charge in [-0.1, -0.05) is 25.7 Å². The molecule has 0 aromatic carbocycles. The first-order valence-electron chi connectivity index (χ1n) is 7.95. The minimum atomic E-state index is 0.00465. The molecule has 3 rings (SSSR count). The van der Waals surface area contributed by atoms with Crippen molar-refractivity contribution in [3.05, 3.63) is 17.0 Å². The summed E-state index contributed by atoms with van der Waals surface area (Å²) in [4.78, 5) is 12.5. The van der Waals surface area contributed by atoms with Crippen LogP contribution < -0.4 is 5.32 Å². The van der Waals surface area contributed by atoms with Crippen LogP contribution in [0.3, 0.4) is 0 Å². The minimum Gasteiger partial charge on any atom is -0.347 e. The van der Waals surface area contributed by atoms with Gasteiger partial charge in [-0.15, -0.1) is 0 Å². The molecule has 0 saturated heterocycles. The first kappa shape index (κ1) is 13.7. The predicted octanol–water partition coefficient (Wildman–Crippen LogP) is 3.26. The Bertz CT molecular complexity index is 500. The fourth-order valence-electron chi connectivity index (χ4n) is 4.14. The molecule has 1 atom stereocenters. The first-order chi connectivity index (χ1) is 9.62. The molecule has 2 aliphatic carbocycles. The van der Waals surface area contributed by atoms with Crippen LogP contribution in [0.4, 0.5) is 0 Å². The smallest absolute Gasteiger partial charge is 0.272 e. The molecule has 4 heteroatoms. The Labute approximate surface area is 120 Å². The van der Waals surface area contributed by atoms with E-state index in [9.17, 15) is 4.79 Å². The van der Waals surface area contributed by atoms with Crippen molar-refractivity contribution >= 4 is 5.91 Å². The standard InChI is InChI=1S/C16H25N3O/c1-11-12(2)18-19-14(11)15(20)17-13-7-3-4-8-16(13)9-5-6-10-16/h13H,3-10H2,1-2H3,(H,17,20)(H,18,19)/t13-/m0/s1. The summed E-state index contributed by atoms with van der Waals surface area (Å²) in [5.74, 6) is 0.00465. The van der Waals surface area contributed by atoms with Crippen molar-refractivity contribution in [3.63, 3.8) is 0 Å². The van der Waals surface area contributed by atoms with E-state index >= 15 is 0 Å². The van der Waals surface area contributed by atoms with Crippen LogP contribution >= 0.6 is 0 Å². The van der Waals surface area contributed by atoms with Crippen LogP contribution in [0.5, 0.6) is 0 Å². The number of amides is 1. The second kappa shape index (κ2) is 5.23. The number of H-pyrrole nitrogens is 1. The summed E-state index contributed by atoms with van der Waals surface area (Å²) in [6.07, 6.45) is 10.2. The number of rotatable bonds is 2. The topological polar surface area (TPSA) is 57.8 Å². The van der Waals surface area contributed by atoms with Gasteiger partial charge < -0.3 is 5.32 Å². The highest BCUT2D eigenvalue weighted by Gasteiger charge is 2.43. The lowest BCUT2D eigenvalue weighted by Gasteiger charge is -2.42. The Balaban J connectivity index is 1.75. The molecule has 2 fully saturated rings. The Kier molecular flexibility index (Phi) is 3.57. The Morgan fingerprint density at radius 2 is 1.85 bits per heavy atom. The van der Waals surface area contributed by atoms with Crippen molar-refractivity contribution in [2.75, 3.05) is 0 Å². The van der Waals surface area contributed by atoms with Crippen molar-refractivity contribution in [1.82, 2.24) is 15.5 Å². The zero-order valence-electron chi connectivity index (χ0n) is 12.6. The summed E-state index contributed by atoms with van der Waals surface area (Å²) >= 11 is 0. The molecule has 1 spiro atoms. The Hall–Kier alpha value is -1.32. The summed E-state index contributed by atoms with van der Waals surface area (Å²) in [6.45, 7) is 3.91. The number of aromatic amines is 1. The van der Waals surface area contributed by atoms with Crippen LogP contribution in [-0.2, 0) is 0 Å². The summed E-state index contributed by atoms with van der Waals surface area (Å²) in [7, 11) is 0. The van der Waals surface area contributed by atoms with E-state index < -0.39 is 0 Å². The van der Waals surface area contributed by atoms with E-state index in [1.165, 1.54) is 44.9 Å². The Morgan fingerprint density at radius 3 is 2.45 bits per heavy atom. The number of carbonyl (C=O) groups excluding carboxylic acids is 1. The van der Waals surface area contributed by atoms with Gasteiger partial charge in [-0.2, -0.15) is 5.10 Å². The van der Waals surface area contributed by atoms with E-state index in [1.807, 2.05) is 13.8 Å². The molecule has 2 aliphatic rings. The highest BCUT2D eigenvalue weighted by atomic mass is 16.2. The second-order valence-electron chi connectivity index (χ2n) is 6.66. The van der Waals surface area contributed by atoms with Gasteiger partial charge in [0.1, 0.15) is 0 Å². The fourth-order valence-corrected chi connectivity index (χ4v) is 4.14. The maximum Gasteiger partial charge on any atom is 0.272 e. The van der Waals surface area contributed by atoms with E-state index in [0.29, 0.717) is 17.2 Å². The quantitative estimate of drug-likeness (QED) is 0.870. The van der Waals surface area contributed by atoms with Gasteiger partial charge in [-0.25, -0.2) is 0 Å². The SMILES string of the molecule is Cc1[nH]nc(C(=O)N[C@H]2CCCCC23CCCC3)c1C. The van der Waals surface area contributed by atoms with Gasteiger partial charge in [0, 0.05) is 17.3 Å². The molecule has 110 valence electrons. The van der Waals surface area contributed by atoms with Gasteiger partial charge in [0.05, 0.1) is 0 Å². The summed E-state index contributed by atoms with van der Waals surface area (Å²) in [6, 6.07) is 0.350. The van der Waals surface area contributed by atoms with Crippen molar-refractivity contribution < 1.29 is 4.79 Å². The summed E-state index contributed by atoms with van der Waals surface area (Å²) < 4.78 is 0. The maximum absolute atomic E-state index is 12.5.